The van der Waals surface area contributed by atoms with E-state index >= 15 is 0 Å². The first kappa shape index (κ1) is 23.5. The van der Waals surface area contributed by atoms with E-state index in [1.165, 1.54) is 19.3 Å². The van der Waals surface area contributed by atoms with E-state index in [9.17, 15) is 9.59 Å². The monoisotopic (exact) mass is 455 g/mol. The quantitative estimate of drug-likeness (QED) is 0.696. The summed E-state index contributed by atoms with van der Waals surface area (Å²) >= 11 is 0. The van der Waals surface area contributed by atoms with E-state index in [2.05, 4.69) is 5.32 Å². The number of methoxy groups -OCH3 is 2. The van der Waals surface area contributed by atoms with Crippen molar-refractivity contribution >= 4 is 22.7 Å². The molecule has 1 aliphatic carbocycles. The number of hydrogen-bond acceptors (Lipinski definition) is 4. The fourth-order valence-electron chi connectivity index (χ4n) is 5.47. The van der Waals surface area contributed by atoms with Gasteiger partial charge in [0.05, 0.1) is 26.3 Å². The average Bonchev–Trinajstić information content (AvgIpc) is 3.17. The smallest absolute Gasteiger partial charge is 0.271 e. The molecule has 1 aromatic heterocycles. The van der Waals surface area contributed by atoms with Crippen LogP contribution >= 0.6 is 0 Å². The molecule has 1 saturated carbocycles. The predicted molar refractivity (Wildman–Crippen MR) is 129 cm³/mol. The van der Waals surface area contributed by atoms with Crippen molar-refractivity contribution in [3.05, 3.63) is 23.9 Å². The molecule has 1 aromatic carbocycles. The van der Waals surface area contributed by atoms with Crippen molar-refractivity contribution in [1.29, 1.82) is 0 Å². The van der Waals surface area contributed by atoms with Gasteiger partial charge in [-0.3, -0.25) is 9.59 Å². The molecule has 1 atom stereocenters. The zero-order valence-electron chi connectivity index (χ0n) is 20.4. The Morgan fingerprint density at radius 2 is 1.73 bits per heavy atom. The Balaban J connectivity index is 1.75. The summed E-state index contributed by atoms with van der Waals surface area (Å²) in [5.41, 5.74) is 0.376. The number of ether oxygens (including phenoxy) is 2. The lowest BCUT2D eigenvalue weighted by molar-refractivity contribution is -0.133. The maximum Gasteiger partial charge on any atom is 0.271 e. The maximum atomic E-state index is 13.8. The minimum Gasteiger partial charge on any atom is -0.496 e. The van der Waals surface area contributed by atoms with E-state index in [4.69, 9.17) is 9.47 Å². The zero-order valence-corrected chi connectivity index (χ0v) is 20.4. The summed E-state index contributed by atoms with van der Waals surface area (Å²) in [5, 5.41) is 4.15. The van der Waals surface area contributed by atoms with Crippen LogP contribution in [-0.4, -0.2) is 53.6 Å². The average molecular weight is 456 g/mol. The highest BCUT2D eigenvalue weighted by Crippen LogP contribution is 2.40. The van der Waals surface area contributed by atoms with Crippen molar-refractivity contribution in [2.45, 2.75) is 83.3 Å². The fourth-order valence-corrected chi connectivity index (χ4v) is 5.47. The van der Waals surface area contributed by atoms with Crippen molar-refractivity contribution in [3.8, 4) is 11.5 Å². The summed E-state index contributed by atoms with van der Waals surface area (Å²) in [4.78, 5) is 29.3. The molecule has 0 saturated heterocycles. The van der Waals surface area contributed by atoms with E-state index in [0.717, 1.165) is 43.0 Å². The van der Waals surface area contributed by atoms with Gasteiger partial charge in [0.15, 0.2) is 0 Å². The summed E-state index contributed by atoms with van der Waals surface area (Å²) in [5.74, 6) is 1.16. The Morgan fingerprint density at radius 3 is 2.36 bits per heavy atom. The first-order valence-corrected chi connectivity index (χ1v) is 12.3. The Bertz CT molecular complexity index is 1020. The summed E-state index contributed by atoms with van der Waals surface area (Å²) < 4.78 is 13.1. The molecule has 4 rings (SSSR count). The van der Waals surface area contributed by atoms with Crippen molar-refractivity contribution < 1.29 is 19.1 Å². The summed E-state index contributed by atoms with van der Waals surface area (Å²) in [6.07, 6.45) is 8.82. The largest absolute Gasteiger partial charge is 0.496 e. The molecule has 7 heteroatoms. The molecule has 0 radical (unpaired) electrons. The van der Waals surface area contributed by atoms with Crippen LogP contribution < -0.4 is 14.8 Å². The van der Waals surface area contributed by atoms with Crippen LogP contribution in [-0.2, 0) is 11.3 Å². The van der Waals surface area contributed by atoms with Crippen LogP contribution in [0.1, 0.15) is 75.7 Å². The SMILES string of the molecule is CCCN1C(=O)c2cc3c(OC)ccc(OC)c3n2CC1(C)C(=O)NC1CCCCCCC1. The van der Waals surface area contributed by atoms with Crippen LogP contribution in [0.5, 0.6) is 11.5 Å². The van der Waals surface area contributed by atoms with Crippen molar-refractivity contribution in [2.24, 2.45) is 0 Å². The van der Waals surface area contributed by atoms with Gasteiger partial charge in [-0.25, -0.2) is 0 Å². The van der Waals surface area contributed by atoms with E-state index in [0.29, 0.717) is 30.3 Å². The van der Waals surface area contributed by atoms with Crippen LogP contribution in [0.2, 0.25) is 0 Å². The van der Waals surface area contributed by atoms with Crippen LogP contribution in [0.4, 0.5) is 0 Å². The molecule has 2 amide bonds. The number of amides is 2. The molecule has 1 unspecified atom stereocenters. The number of nitrogens with one attached hydrogen (secondary N) is 1. The normalized spacial score (nSPS) is 21.9. The minimum atomic E-state index is -0.984. The van der Waals surface area contributed by atoms with Crippen molar-refractivity contribution in [3.63, 3.8) is 0 Å². The van der Waals surface area contributed by atoms with Gasteiger partial charge < -0.3 is 24.3 Å². The second kappa shape index (κ2) is 9.65. The first-order chi connectivity index (χ1) is 15.9. The number of carbonyl (C=O) groups excluding carboxylic acids is 2. The van der Waals surface area contributed by atoms with Crippen LogP contribution in [0.3, 0.4) is 0 Å². The molecule has 180 valence electrons. The second-order valence-electron chi connectivity index (χ2n) is 9.59. The lowest BCUT2D eigenvalue weighted by atomic mass is 9.92. The molecule has 2 aromatic rings. The van der Waals surface area contributed by atoms with Crippen molar-refractivity contribution in [1.82, 2.24) is 14.8 Å². The summed E-state index contributed by atoms with van der Waals surface area (Å²) in [6, 6.07) is 5.74. The van der Waals surface area contributed by atoms with Crippen LogP contribution in [0, 0.1) is 0 Å². The molecule has 1 N–H and O–H groups in total. The number of carbonyl (C=O) groups is 2. The predicted octanol–water partition coefficient (Wildman–Crippen LogP) is 4.51. The fraction of sp³-hybridized carbons (Fsp3) is 0.615. The molecule has 1 aliphatic heterocycles. The van der Waals surface area contributed by atoms with Gasteiger partial charge in [0, 0.05) is 18.0 Å². The van der Waals surface area contributed by atoms with E-state index < -0.39 is 5.54 Å². The minimum absolute atomic E-state index is 0.0655. The first-order valence-electron chi connectivity index (χ1n) is 12.3. The molecule has 2 heterocycles. The highest BCUT2D eigenvalue weighted by Gasteiger charge is 2.48. The van der Waals surface area contributed by atoms with E-state index in [1.54, 1.807) is 19.1 Å². The van der Waals surface area contributed by atoms with Gasteiger partial charge in [-0.05, 0) is 44.4 Å². The molecule has 0 bridgehead atoms. The van der Waals surface area contributed by atoms with Gasteiger partial charge in [0.2, 0.25) is 5.91 Å². The third-order valence-corrected chi connectivity index (χ3v) is 7.32. The van der Waals surface area contributed by atoms with Gasteiger partial charge >= 0.3 is 0 Å². The summed E-state index contributed by atoms with van der Waals surface area (Å²) in [7, 11) is 3.24. The number of benzene rings is 1. The van der Waals surface area contributed by atoms with Crippen LogP contribution in [0.25, 0.3) is 10.9 Å². The number of aromatic nitrogens is 1. The van der Waals surface area contributed by atoms with Gasteiger partial charge in [-0.15, -0.1) is 0 Å². The molecule has 2 aliphatic rings. The Kier molecular flexibility index (Phi) is 6.86. The Hall–Kier alpha value is -2.70. The Labute approximate surface area is 196 Å². The highest BCUT2D eigenvalue weighted by atomic mass is 16.5. The zero-order chi connectivity index (χ0) is 23.6. The number of hydrogen-bond donors (Lipinski definition) is 1. The Morgan fingerprint density at radius 1 is 1.09 bits per heavy atom. The van der Waals surface area contributed by atoms with Gasteiger partial charge in [0.25, 0.3) is 5.91 Å². The van der Waals surface area contributed by atoms with Gasteiger partial charge in [-0.2, -0.15) is 0 Å². The molecule has 33 heavy (non-hydrogen) atoms. The van der Waals surface area contributed by atoms with E-state index in [-0.39, 0.29) is 17.9 Å². The molecule has 1 fully saturated rings. The topological polar surface area (TPSA) is 72.8 Å². The highest BCUT2D eigenvalue weighted by molar-refractivity contribution is 6.05. The van der Waals surface area contributed by atoms with E-state index in [1.807, 2.05) is 36.6 Å². The lowest BCUT2D eigenvalue weighted by Crippen LogP contribution is -2.65. The molecular formula is C26H37N3O4. The number of rotatable bonds is 6. The summed E-state index contributed by atoms with van der Waals surface area (Å²) in [6.45, 7) is 4.85. The second-order valence-corrected chi connectivity index (χ2v) is 9.59. The van der Waals surface area contributed by atoms with Crippen LogP contribution in [0.15, 0.2) is 18.2 Å². The third kappa shape index (κ3) is 4.18. The third-order valence-electron chi connectivity index (χ3n) is 7.32. The molecule has 0 spiro atoms. The standard InChI is InChI=1S/C26H37N3O4/c1-5-15-29-24(30)20-16-19-21(32-3)13-14-22(33-4)23(19)28(20)17-26(29,2)25(31)27-18-11-9-7-6-8-10-12-18/h13-14,16,18H,5-12,15,17H2,1-4H3,(H,27,31). The molecular weight excluding hydrogens is 418 g/mol. The van der Waals surface area contributed by atoms with Gasteiger partial charge in [0.1, 0.15) is 22.7 Å². The number of fused-ring (bicyclic) bond motifs is 3. The number of nitrogens with zero attached hydrogens (tertiary/aromatic N) is 2. The maximum absolute atomic E-state index is 13.8. The lowest BCUT2D eigenvalue weighted by Gasteiger charge is -2.44. The van der Waals surface area contributed by atoms with Gasteiger partial charge in [-0.1, -0.05) is 39.0 Å². The van der Waals surface area contributed by atoms with Crippen molar-refractivity contribution in [2.75, 3.05) is 20.8 Å². The molecule has 7 nitrogen and oxygen atoms in total.